The normalized spacial score (nSPS) is 18.6. The maximum atomic E-state index is 12.7. The number of nitrogens with two attached hydrogens (primary N) is 1. The molecule has 0 bridgehead atoms. The molecule has 1 aromatic rings. The molecule has 7 heteroatoms. The van der Waals surface area contributed by atoms with Crippen molar-refractivity contribution in [1.29, 1.82) is 0 Å². The van der Waals surface area contributed by atoms with Crippen molar-refractivity contribution in [2.24, 2.45) is 11.7 Å². The lowest BCUT2D eigenvalue weighted by atomic mass is 9.94. The predicted octanol–water partition coefficient (Wildman–Crippen LogP) is 3.17. The zero-order valence-corrected chi connectivity index (χ0v) is 14.9. The van der Waals surface area contributed by atoms with Crippen molar-refractivity contribution in [2.75, 3.05) is 13.1 Å². The molecule has 0 atom stereocenters. The first-order valence-corrected chi connectivity index (χ1v) is 10.0. The van der Waals surface area contributed by atoms with Gasteiger partial charge in [0.1, 0.15) is 4.90 Å². The maximum Gasteiger partial charge on any atom is 0.245 e. The van der Waals surface area contributed by atoms with E-state index in [-0.39, 0.29) is 0 Å². The topological polar surface area (TPSA) is 63.4 Å². The molecule has 0 saturated carbocycles. The number of hydrogen-bond donors (Lipinski definition) is 1. The first-order valence-electron chi connectivity index (χ1n) is 6.97. The average molecular weight is 381 g/mol. The first-order chi connectivity index (χ1) is 9.48. The highest BCUT2D eigenvalue weighted by Crippen LogP contribution is 2.35. The molecule has 2 rings (SSSR count). The SMILES string of the molecule is CCCC1CCN(S(=O)(=O)c2cc(CN)sc2Br)CC1. The van der Waals surface area contributed by atoms with Crippen LogP contribution in [0.3, 0.4) is 0 Å². The molecule has 1 saturated heterocycles. The van der Waals surface area contributed by atoms with Crippen LogP contribution in [0.15, 0.2) is 14.7 Å². The average Bonchev–Trinajstić information content (AvgIpc) is 2.82. The third-order valence-corrected chi connectivity index (χ3v) is 7.97. The minimum absolute atomic E-state index is 0.372. The van der Waals surface area contributed by atoms with Crippen molar-refractivity contribution in [3.63, 3.8) is 0 Å². The molecule has 114 valence electrons. The van der Waals surface area contributed by atoms with Gasteiger partial charge in [0.2, 0.25) is 10.0 Å². The molecule has 0 unspecified atom stereocenters. The number of halogens is 1. The number of nitrogens with zero attached hydrogens (tertiary/aromatic N) is 1. The van der Waals surface area contributed by atoms with Gasteiger partial charge in [-0.1, -0.05) is 19.8 Å². The van der Waals surface area contributed by atoms with E-state index in [0.29, 0.717) is 34.2 Å². The van der Waals surface area contributed by atoms with Gasteiger partial charge in [-0.15, -0.1) is 11.3 Å². The summed E-state index contributed by atoms with van der Waals surface area (Å²) in [7, 11) is -3.38. The highest BCUT2D eigenvalue weighted by Gasteiger charge is 2.31. The summed E-state index contributed by atoms with van der Waals surface area (Å²) in [5, 5.41) is 0. The van der Waals surface area contributed by atoms with Gasteiger partial charge in [0, 0.05) is 24.5 Å². The van der Waals surface area contributed by atoms with E-state index in [4.69, 9.17) is 5.73 Å². The lowest BCUT2D eigenvalue weighted by Gasteiger charge is -2.30. The molecule has 0 amide bonds. The fourth-order valence-corrected chi connectivity index (χ4v) is 6.64. The Morgan fingerprint density at radius 1 is 1.45 bits per heavy atom. The molecule has 0 aliphatic carbocycles. The molecule has 0 spiro atoms. The van der Waals surface area contributed by atoms with E-state index >= 15 is 0 Å². The van der Waals surface area contributed by atoms with Gasteiger partial charge < -0.3 is 5.73 Å². The third-order valence-electron chi connectivity index (χ3n) is 3.80. The Balaban J connectivity index is 2.13. The lowest BCUT2D eigenvalue weighted by molar-refractivity contribution is 0.262. The monoisotopic (exact) mass is 380 g/mol. The van der Waals surface area contributed by atoms with Crippen LogP contribution in [0.1, 0.15) is 37.5 Å². The van der Waals surface area contributed by atoms with Crippen LogP contribution in [0.25, 0.3) is 0 Å². The van der Waals surface area contributed by atoms with E-state index < -0.39 is 10.0 Å². The van der Waals surface area contributed by atoms with Crippen LogP contribution in [0.5, 0.6) is 0 Å². The maximum absolute atomic E-state index is 12.7. The van der Waals surface area contributed by atoms with E-state index in [2.05, 4.69) is 22.9 Å². The van der Waals surface area contributed by atoms with Gasteiger partial charge in [0.05, 0.1) is 3.79 Å². The summed E-state index contributed by atoms with van der Waals surface area (Å²) in [6.07, 6.45) is 4.32. The number of thiophene rings is 1. The van der Waals surface area contributed by atoms with Gasteiger partial charge >= 0.3 is 0 Å². The number of sulfonamides is 1. The number of rotatable bonds is 5. The van der Waals surface area contributed by atoms with Crippen LogP contribution in [0.2, 0.25) is 0 Å². The lowest BCUT2D eigenvalue weighted by Crippen LogP contribution is -2.38. The second-order valence-corrected chi connectivity index (χ2v) is 9.55. The first kappa shape index (κ1) is 16.4. The summed E-state index contributed by atoms with van der Waals surface area (Å²) >= 11 is 4.75. The highest BCUT2D eigenvalue weighted by atomic mass is 79.9. The van der Waals surface area contributed by atoms with Gasteiger partial charge in [-0.3, -0.25) is 0 Å². The van der Waals surface area contributed by atoms with Crippen molar-refractivity contribution in [3.8, 4) is 0 Å². The van der Waals surface area contributed by atoms with E-state index in [0.717, 1.165) is 17.7 Å². The van der Waals surface area contributed by atoms with Crippen LogP contribution in [0.4, 0.5) is 0 Å². The van der Waals surface area contributed by atoms with Gasteiger partial charge in [-0.2, -0.15) is 4.31 Å². The summed E-state index contributed by atoms with van der Waals surface area (Å²) < 4.78 is 27.6. The van der Waals surface area contributed by atoms with Gasteiger partial charge in [0.15, 0.2) is 0 Å². The zero-order chi connectivity index (χ0) is 14.8. The smallest absolute Gasteiger partial charge is 0.245 e. The highest BCUT2D eigenvalue weighted by molar-refractivity contribution is 9.11. The predicted molar refractivity (Wildman–Crippen MR) is 86.3 cm³/mol. The summed E-state index contributed by atoms with van der Waals surface area (Å²) in [6, 6.07) is 1.70. The molecule has 1 aliphatic heterocycles. The molecule has 1 aromatic heterocycles. The van der Waals surface area contributed by atoms with Crippen LogP contribution < -0.4 is 5.73 Å². The van der Waals surface area contributed by atoms with Gasteiger partial charge in [-0.25, -0.2) is 8.42 Å². The van der Waals surface area contributed by atoms with E-state index in [1.807, 2.05) is 0 Å². The zero-order valence-electron chi connectivity index (χ0n) is 11.6. The van der Waals surface area contributed by atoms with E-state index in [1.54, 1.807) is 10.4 Å². The largest absolute Gasteiger partial charge is 0.326 e. The van der Waals surface area contributed by atoms with Gasteiger partial charge in [0.25, 0.3) is 0 Å². The fourth-order valence-electron chi connectivity index (χ4n) is 2.66. The Morgan fingerprint density at radius 2 is 2.10 bits per heavy atom. The van der Waals surface area contributed by atoms with Crippen molar-refractivity contribution in [1.82, 2.24) is 4.31 Å². The van der Waals surface area contributed by atoms with Crippen molar-refractivity contribution in [3.05, 3.63) is 14.7 Å². The van der Waals surface area contributed by atoms with Gasteiger partial charge in [-0.05, 0) is 40.8 Å². The molecule has 0 radical (unpaired) electrons. The molecule has 2 N–H and O–H groups in total. The van der Waals surface area contributed by atoms with Crippen LogP contribution in [-0.4, -0.2) is 25.8 Å². The standard InChI is InChI=1S/C13H21BrN2O2S2/c1-2-3-10-4-6-16(7-5-10)20(17,18)12-8-11(9-15)19-13(12)14/h8,10H,2-7,9,15H2,1H3. The van der Waals surface area contributed by atoms with Crippen LogP contribution >= 0.6 is 27.3 Å². The summed E-state index contributed by atoms with van der Waals surface area (Å²) in [5.74, 6) is 0.678. The Bertz CT molecular complexity index is 549. The third kappa shape index (κ3) is 3.44. The Kier molecular flexibility index (Phi) is 5.64. The van der Waals surface area contributed by atoms with Crippen molar-refractivity contribution in [2.45, 2.75) is 44.0 Å². The fraction of sp³-hybridized carbons (Fsp3) is 0.692. The summed E-state index contributed by atoms with van der Waals surface area (Å²) in [5.41, 5.74) is 5.59. The Morgan fingerprint density at radius 3 is 2.60 bits per heavy atom. The second-order valence-electron chi connectivity index (χ2n) is 5.19. The Labute approximate surface area is 133 Å². The number of piperidine rings is 1. The molecule has 1 aliphatic rings. The van der Waals surface area contributed by atoms with Crippen LogP contribution in [0, 0.1) is 5.92 Å². The molecule has 1 fully saturated rings. The summed E-state index contributed by atoms with van der Waals surface area (Å²) in [4.78, 5) is 1.26. The van der Waals surface area contributed by atoms with Crippen molar-refractivity contribution >= 4 is 37.3 Å². The second kappa shape index (κ2) is 6.87. The van der Waals surface area contributed by atoms with Crippen molar-refractivity contribution < 1.29 is 8.42 Å². The van der Waals surface area contributed by atoms with Crippen LogP contribution in [-0.2, 0) is 16.6 Å². The molecular weight excluding hydrogens is 360 g/mol. The minimum Gasteiger partial charge on any atom is -0.326 e. The minimum atomic E-state index is -3.38. The Hall–Kier alpha value is 0.0500. The molecular formula is C13H21BrN2O2S2. The molecule has 20 heavy (non-hydrogen) atoms. The number of hydrogen-bond acceptors (Lipinski definition) is 4. The summed E-state index contributed by atoms with van der Waals surface area (Å²) in [6.45, 7) is 3.82. The van der Waals surface area contributed by atoms with E-state index in [9.17, 15) is 8.42 Å². The molecule has 0 aromatic carbocycles. The molecule has 4 nitrogen and oxygen atoms in total. The molecule has 2 heterocycles. The quantitative estimate of drug-likeness (QED) is 0.852. The van der Waals surface area contributed by atoms with E-state index in [1.165, 1.54) is 24.2 Å².